The van der Waals surface area contributed by atoms with Crippen LogP contribution in [0.3, 0.4) is 0 Å². The molecule has 1 fully saturated rings. The van der Waals surface area contributed by atoms with Crippen LogP contribution >= 0.6 is 0 Å². The van der Waals surface area contributed by atoms with Crippen LogP contribution in [0.15, 0.2) is 28.7 Å². The summed E-state index contributed by atoms with van der Waals surface area (Å²) in [6.07, 6.45) is 3.49. The molecule has 3 heteroatoms. The molecule has 0 radical (unpaired) electrons. The van der Waals surface area contributed by atoms with Crippen LogP contribution in [0.2, 0.25) is 0 Å². The Morgan fingerprint density at radius 2 is 2.33 bits per heavy atom. The summed E-state index contributed by atoms with van der Waals surface area (Å²) in [6, 6.07) is 6.62. The molecule has 1 aromatic heterocycles. The molecule has 1 heterocycles. The first-order chi connectivity index (χ1) is 8.62. The van der Waals surface area contributed by atoms with Crippen molar-refractivity contribution < 1.29 is 13.9 Å². The van der Waals surface area contributed by atoms with Gasteiger partial charge in [0.05, 0.1) is 0 Å². The predicted octanol–water partition coefficient (Wildman–Crippen LogP) is 3.97. The topological polar surface area (TPSA) is 33.4 Å². The standard InChI is InChI=1S/C15H17FO2/c1-2-10-6-7-15(17,9-10)13-8-11-4-3-5-12(16)14(11)18-13/h3-5,8,10,17H,2,6-7,9H2,1H3. The summed E-state index contributed by atoms with van der Waals surface area (Å²) >= 11 is 0. The number of furan rings is 1. The van der Waals surface area contributed by atoms with Gasteiger partial charge in [-0.15, -0.1) is 0 Å². The fourth-order valence-electron chi connectivity index (χ4n) is 2.95. The van der Waals surface area contributed by atoms with Crippen LogP contribution in [0.25, 0.3) is 11.0 Å². The van der Waals surface area contributed by atoms with Gasteiger partial charge in [-0.05, 0) is 37.3 Å². The molecular weight excluding hydrogens is 231 g/mol. The highest BCUT2D eigenvalue weighted by molar-refractivity contribution is 5.78. The van der Waals surface area contributed by atoms with E-state index in [-0.39, 0.29) is 11.4 Å². The number of hydrogen-bond donors (Lipinski definition) is 1. The molecule has 1 aliphatic rings. The quantitative estimate of drug-likeness (QED) is 0.872. The van der Waals surface area contributed by atoms with Crippen molar-refractivity contribution >= 4 is 11.0 Å². The van der Waals surface area contributed by atoms with E-state index in [1.165, 1.54) is 6.07 Å². The van der Waals surface area contributed by atoms with Crippen molar-refractivity contribution in [2.24, 2.45) is 5.92 Å². The maximum absolute atomic E-state index is 13.6. The minimum Gasteiger partial charge on any atom is -0.455 e. The molecule has 0 bridgehead atoms. The fraction of sp³-hybridized carbons (Fsp3) is 0.467. The summed E-state index contributed by atoms with van der Waals surface area (Å²) in [5.74, 6) is 0.680. The van der Waals surface area contributed by atoms with Crippen LogP contribution in [0.5, 0.6) is 0 Å². The van der Waals surface area contributed by atoms with E-state index in [0.29, 0.717) is 24.5 Å². The number of hydrogen-bond acceptors (Lipinski definition) is 2. The van der Waals surface area contributed by atoms with Gasteiger partial charge in [0.15, 0.2) is 11.4 Å². The number of halogens is 1. The van der Waals surface area contributed by atoms with Crippen molar-refractivity contribution in [3.63, 3.8) is 0 Å². The molecule has 2 nitrogen and oxygen atoms in total. The third-order valence-corrected chi connectivity index (χ3v) is 4.12. The summed E-state index contributed by atoms with van der Waals surface area (Å²) in [5, 5.41) is 11.4. The highest BCUT2D eigenvalue weighted by Crippen LogP contribution is 2.44. The SMILES string of the molecule is CCC1CCC(O)(c2cc3cccc(F)c3o2)C1. The summed E-state index contributed by atoms with van der Waals surface area (Å²) < 4.78 is 19.1. The number of fused-ring (bicyclic) bond motifs is 1. The van der Waals surface area contributed by atoms with Crippen molar-refractivity contribution in [2.75, 3.05) is 0 Å². The Hall–Kier alpha value is -1.35. The van der Waals surface area contributed by atoms with Crippen LogP contribution in [0.4, 0.5) is 4.39 Å². The Balaban J connectivity index is 2.02. The van der Waals surface area contributed by atoms with Crippen LogP contribution in [-0.4, -0.2) is 5.11 Å². The fourth-order valence-corrected chi connectivity index (χ4v) is 2.95. The molecule has 18 heavy (non-hydrogen) atoms. The minimum absolute atomic E-state index is 0.251. The van der Waals surface area contributed by atoms with Gasteiger partial charge in [-0.2, -0.15) is 0 Å². The predicted molar refractivity (Wildman–Crippen MR) is 67.7 cm³/mol. The molecule has 0 spiro atoms. The summed E-state index contributed by atoms with van der Waals surface area (Å²) in [6.45, 7) is 2.13. The molecule has 1 saturated carbocycles. The number of aliphatic hydroxyl groups is 1. The molecule has 96 valence electrons. The van der Waals surface area contributed by atoms with Gasteiger partial charge in [0.2, 0.25) is 0 Å². The zero-order valence-electron chi connectivity index (χ0n) is 10.4. The normalized spacial score (nSPS) is 28.1. The van der Waals surface area contributed by atoms with E-state index in [1.807, 2.05) is 0 Å². The van der Waals surface area contributed by atoms with E-state index in [4.69, 9.17) is 4.42 Å². The van der Waals surface area contributed by atoms with Crippen molar-refractivity contribution in [1.82, 2.24) is 0 Å². The number of para-hydroxylation sites is 1. The lowest BCUT2D eigenvalue weighted by molar-refractivity contribution is 0.0190. The van der Waals surface area contributed by atoms with Gasteiger partial charge in [0.25, 0.3) is 0 Å². The van der Waals surface area contributed by atoms with E-state index in [0.717, 1.165) is 18.2 Å². The molecule has 1 aromatic carbocycles. The summed E-state index contributed by atoms with van der Waals surface area (Å²) in [7, 11) is 0. The second kappa shape index (κ2) is 4.09. The lowest BCUT2D eigenvalue weighted by Gasteiger charge is -2.19. The minimum atomic E-state index is -0.911. The zero-order chi connectivity index (χ0) is 12.8. The Morgan fingerprint density at radius 1 is 1.50 bits per heavy atom. The van der Waals surface area contributed by atoms with Crippen molar-refractivity contribution in [3.05, 3.63) is 35.8 Å². The second-order valence-corrected chi connectivity index (χ2v) is 5.32. The van der Waals surface area contributed by atoms with Gasteiger partial charge >= 0.3 is 0 Å². The number of benzene rings is 1. The Bertz CT molecular complexity index is 575. The molecular formula is C15H17FO2. The van der Waals surface area contributed by atoms with Gasteiger partial charge in [-0.1, -0.05) is 25.5 Å². The van der Waals surface area contributed by atoms with Crippen LogP contribution in [-0.2, 0) is 5.60 Å². The molecule has 0 amide bonds. The lowest BCUT2D eigenvalue weighted by Crippen LogP contribution is -2.20. The third-order valence-electron chi connectivity index (χ3n) is 4.12. The smallest absolute Gasteiger partial charge is 0.170 e. The summed E-state index contributed by atoms with van der Waals surface area (Å²) in [4.78, 5) is 0. The lowest BCUT2D eigenvalue weighted by atomic mass is 9.96. The van der Waals surface area contributed by atoms with E-state index in [1.54, 1.807) is 18.2 Å². The van der Waals surface area contributed by atoms with Gasteiger partial charge in [-0.3, -0.25) is 0 Å². The van der Waals surface area contributed by atoms with E-state index < -0.39 is 5.60 Å². The average molecular weight is 248 g/mol. The maximum Gasteiger partial charge on any atom is 0.170 e. The second-order valence-electron chi connectivity index (χ2n) is 5.32. The van der Waals surface area contributed by atoms with Crippen LogP contribution in [0, 0.1) is 11.7 Å². The molecule has 2 atom stereocenters. The first-order valence-electron chi connectivity index (χ1n) is 6.53. The van der Waals surface area contributed by atoms with Crippen molar-refractivity contribution in [1.29, 1.82) is 0 Å². The molecule has 1 aliphatic carbocycles. The van der Waals surface area contributed by atoms with Gasteiger partial charge < -0.3 is 9.52 Å². The van der Waals surface area contributed by atoms with E-state index >= 15 is 0 Å². The zero-order valence-corrected chi connectivity index (χ0v) is 10.4. The van der Waals surface area contributed by atoms with Gasteiger partial charge in [0, 0.05) is 5.39 Å². The van der Waals surface area contributed by atoms with Crippen LogP contribution in [0.1, 0.15) is 38.4 Å². The molecule has 3 rings (SSSR count). The molecule has 2 aromatic rings. The highest BCUT2D eigenvalue weighted by Gasteiger charge is 2.40. The van der Waals surface area contributed by atoms with Gasteiger partial charge in [0.1, 0.15) is 11.4 Å². The van der Waals surface area contributed by atoms with E-state index in [2.05, 4.69) is 6.92 Å². The summed E-state index contributed by atoms with van der Waals surface area (Å²) in [5.41, 5.74) is -0.660. The molecule has 1 N–H and O–H groups in total. The Labute approximate surface area is 105 Å². The molecule has 0 saturated heterocycles. The first-order valence-corrected chi connectivity index (χ1v) is 6.53. The van der Waals surface area contributed by atoms with Gasteiger partial charge in [-0.25, -0.2) is 4.39 Å². The van der Waals surface area contributed by atoms with Crippen LogP contribution < -0.4 is 0 Å². The van der Waals surface area contributed by atoms with E-state index in [9.17, 15) is 9.50 Å². The molecule has 0 aliphatic heterocycles. The average Bonchev–Trinajstić information content (AvgIpc) is 2.94. The third kappa shape index (κ3) is 1.74. The number of rotatable bonds is 2. The highest BCUT2D eigenvalue weighted by atomic mass is 19.1. The largest absolute Gasteiger partial charge is 0.455 e. The monoisotopic (exact) mass is 248 g/mol. The maximum atomic E-state index is 13.6. The first kappa shape index (κ1) is 11.7. The van der Waals surface area contributed by atoms with Crippen molar-refractivity contribution in [3.8, 4) is 0 Å². The Morgan fingerprint density at radius 3 is 3.00 bits per heavy atom. The Kier molecular flexibility index (Phi) is 2.67. The van der Waals surface area contributed by atoms with Crippen molar-refractivity contribution in [2.45, 2.75) is 38.2 Å². The molecule has 2 unspecified atom stereocenters.